The Labute approximate surface area is 131 Å². The molecule has 0 aromatic carbocycles. The van der Waals surface area contributed by atoms with Crippen LogP contribution in [0.25, 0.3) is 0 Å². The molecule has 0 saturated carbocycles. The standard InChI is InChI=1S/C6H15NO3.C4H11NO.Na.H2O/c8-4-1-7(2-5-9)3-6-10;1-2-4(6)3-5;;/h8-10H,1-6H2;4,6H,2-3,5H2,1H3;;1H2/q;;+1;/p-1. The van der Waals surface area contributed by atoms with Gasteiger partial charge >= 0.3 is 29.6 Å². The summed E-state index contributed by atoms with van der Waals surface area (Å²) in [4.78, 5) is 1.79. The van der Waals surface area contributed by atoms with Crippen molar-refractivity contribution in [2.24, 2.45) is 5.73 Å². The third kappa shape index (κ3) is 21.9. The molecular formula is C10H27N2NaO5. The van der Waals surface area contributed by atoms with Crippen molar-refractivity contribution in [2.45, 2.75) is 19.4 Å². The maximum atomic E-state index is 8.54. The Morgan fingerprint density at radius 2 is 1.33 bits per heavy atom. The Hall–Kier alpha value is 0.720. The van der Waals surface area contributed by atoms with Crippen LogP contribution in [0.2, 0.25) is 0 Å². The smallest absolute Gasteiger partial charge is 0.870 e. The van der Waals surface area contributed by atoms with E-state index in [4.69, 9.17) is 26.2 Å². The van der Waals surface area contributed by atoms with Crippen LogP contribution in [0, 0.1) is 0 Å². The number of nitrogens with two attached hydrogens (primary N) is 1. The molecule has 0 radical (unpaired) electrons. The summed E-state index contributed by atoms with van der Waals surface area (Å²) in [6.07, 6.45) is 0.473. The molecule has 18 heavy (non-hydrogen) atoms. The van der Waals surface area contributed by atoms with E-state index in [0.29, 0.717) is 26.2 Å². The van der Waals surface area contributed by atoms with E-state index < -0.39 is 0 Å². The van der Waals surface area contributed by atoms with Crippen molar-refractivity contribution < 1.29 is 55.5 Å². The molecule has 0 aliphatic heterocycles. The predicted octanol–water partition coefficient (Wildman–Crippen LogP) is -5.19. The maximum absolute atomic E-state index is 8.54. The second-order valence-electron chi connectivity index (χ2n) is 3.31. The van der Waals surface area contributed by atoms with E-state index >= 15 is 0 Å². The molecule has 0 fully saturated rings. The zero-order valence-electron chi connectivity index (χ0n) is 11.5. The molecule has 1 unspecified atom stereocenters. The van der Waals surface area contributed by atoms with Crippen LogP contribution in [0.15, 0.2) is 0 Å². The Kier molecular flexibility index (Phi) is 34.5. The number of aliphatic hydroxyl groups is 4. The van der Waals surface area contributed by atoms with Gasteiger partial charge in [0.05, 0.1) is 25.9 Å². The molecule has 0 bridgehead atoms. The van der Waals surface area contributed by atoms with Crippen LogP contribution in [-0.2, 0) is 0 Å². The Bertz CT molecular complexity index is 117. The first kappa shape index (κ1) is 27.1. The average Bonchev–Trinajstić information content (AvgIpc) is 2.30. The van der Waals surface area contributed by atoms with E-state index in [1.165, 1.54) is 0 Å². The topological polar surface area (TPSA) is 140 Å². The Morgan fingerprint density at radius 3 is 1.44 bits per heavy atom. The van der Waals surface area contributed by atoms with Crippen LogP contribution in [0.5, 0.6) is 0 Å². The van der Waals surface area contributed by atoms with Crippen molar-refractivity contribution in [3.63, 3.8) is 0 Å². The van der Waals surface area contributed by atoms with Gasteiger partial charge in [-0.3, -0.25) is 4.90 Å². The fourth-order valence-electron chi connectivity index (χ4n) is 0.926. The molecule has 108 valence electrons. The Morgan fingerprint density at radius 1 is 1.00 bits per heavy atom. The van der Waals surface area contributed by atoms with Crippen LogP contribution in [0.1, 0.15) is 13.3 Å². The van der Waals surface area contributed by atoms with Crippen molar-refractivity contribution in [1.29, 1.82) is 0 Å². The van der Waals surface area contributed by atoms with Crippen molar-refractivity contribution in [2.75, 3.05) is 46.0 Å². The number of aliphatic hydroxyl groups excluding tert-OH is 4. The van der Waals surface area contributed by atoms with Gasteiger partial charge in [0, 0.05) is 26.2 Å². The van der Waals surface area contributed by atoms with Crippen molar-refractivity contribution in [1.82, 2.24) is 4.90 Å². The summed E-state index contributed by atoms with van der Waals surface area (Å²) in [7, 11) is 0. The van der Waals surface area contributed by atoms with E-state index in [1.807, 2.05) is 6.92 Å². The third-order valence-corrected chi connectivity index (χ3v) is 1.99. The van der Waals surface area contributed by atoms with Crippen molar-refractivity contribution in [3.8, 4) is 0 Å². The first-order valence-electron chi connectivity index (χ1n) is 5.59. The molecule has 0 heterocycles. The van der Waals surface area contributed by atoms with Gasteiger partial charge in [-0.25, -0.2) is 0 Å². The van der Waals surface area contributed by atoms with E-state index in [-0.39, 0.29) is 61.0 Å². The molecule has 8 heteroatoms. The van der Waals surface area contributed by atoms with E-state index in [1.54, 1.807) is 4.90 Å². The summed E-state index contributed by atoms with van der Waals surface area (Å²) < 4.78 is 0. The third-order valence-electron chi connectivity index (χ3n) is 1.99. The SMILES string of the molecule is CCC(O)CN.OCCN(CCO)CCO.[Na+].[OH-]. The largest absolute Gasteiger partial charge is 1.00 e. The predicted molar refractivity (Wildman–Crippen MR) is 65.0 cm³/mol. The molecule has 7 N–H and O–H groups in total. The van der Waals surface area contributed by atoms with Crippen LogP contribution in [0.3, 0.4) is 0 Å². The minimum atomic E-state index is -0.287. The second-order valence-corrected chi connectivity index (χ2v) is 3.31. The fraction of sp³-hybridized carbons (Fsp3) is 1.00. The number of hydrogen-bond acceptors (Lipinski definition) is 7. The van der Waals surface area contributed by atoms with E-state index in [2.05, 4.69) is 0 Å². The Balaban J connectivity index is -0.000000108. The first-order chi connectivity index (χ1) is 7.65. The number of nitrogens with zero attached hydrogens (tertiary/aromatic N) is 1. The summed E-state index contributed by atoms with van der Waals surface area (Å²) in [5, 5.41) is 34.0. The minimum absolute atomic E-state index is 0. The first-order valence-corrected chi connectivity index (χ1v) is 5.59. The van der Waals surface area contributed by atoms with Crippen molar-refractivity contribution >= 4 is 0 Å². The van der Waals surface area contributed by atoms with E-state index in [0.717, 1.165) is 6.42 Å². The normalized spacial score (nSPS) is 10.8. The van der Waals surface area contributed by atoms with Gasteiger partial charge in [-0.05, 0) is 6.42 Å². The van der Waals surface area contributed by atoms with Gasteiger partial charge in [-0.1, -0.05) is 6.92 Å². The van der Waals surface area contributed by atoms with Gasteiger partial charge in [0.25, 0.3) is 0 Å². The van der Waals surface area contributed by atoms with Gasteiger partial charge in [-0.15, -0.1) is 0 Å². The zero-order chi connectivity index (χ0) is 12.8. The van der Waals surface area contributed by atoms with Crippen LogP contribution in [0.4, 0.5) is 0 Å². The van der Waals surface area contributed by atoms with Gasteiger partial charge < -0.3 is 31.6 Å². The van der Waals surface area contributed by atoms with Gasteiger partial charge in [0.2, 0.25) is 0 Å². The molecule has 0 amide bonds. The van der Waals surface area contributed by atoms with Crippen LogP contribution in [-0.4, -0.2) is 82.9 Å². The molecule has 7 nitrogen and oxygen atoms in total. The minimum Gasteiger partial charge on any atom is -0.870 e. The average molecular weight is 278 g/mol. The van der Waals surface area contributed by atoms with Gasteiger partial charge in [0.15, 0.2) is 0 Å². The molecular weight excluding hydrogens is 251 g/mol. The summed E-state index contributed by atoms with van der Waals surface area (Å²) >= 11 is 0. The number of hydrogen-bond donors (Lipinski definition) is 5. The van der Waals surface area contributed by atoms with Crippen LogP contribution < -0.4 is 35.3 Å². The quantitative estimate of drug-likeness (QED) is 0.279. The summed E-state index contributed by atoms with van der Waals surface area (Å²) in [6, 6.07) is 0. The summed E-state index contributed by atoms with van der Waals surface area (Å²) in [5.74, 6) is 0. The van der Waals surface area contributed by atoms with Gasteiger partial charge in [0.1, 0.15) is 0 Å². The molecule has 0 saturated heterocycles. The molecule has 0 aliphatic carbocycles. The second kappa shape index (κ2) is 22.9. The van der Waals surface area contributed by atoms with Gasteiger partial charge in [-0.2, -0.15) is 0 Å². The monoisotopic (exact) mass is 278 g/mol. The molecule has 0 spiro atoms. The summed E-state index contributed by atoms with van der Waals surface area (Å²) in [6.45, 7) is 4.04. The fourth-order valence-corrected chi connectivity index (χ4v) is 0.926. The molecule has 0 aromatic heterocycles. The van der Waals surface area contributed by atoms with Crippen molar-refractivity contribution in [3.05, 3.63) is 0 Å². The molecule has 0 aliphatic rings. The number of rotatable bonds is 8. The molecule has 0 aromatic rings. The van der Waals surface area contributed by atoms with Crippen LogP contribution >= 0.6 is 0 Å². The molecule has 0 rings (SSSR count). The summed E-state index contributed by atoms with van der Waals surface area (Å²) in [5.41, 5.74) is 5.03. The van der Waals surface area contributed by atoms with E-state index in [9.17, 15) is 0 Å². The molecule has 1 atom stereocenters. The maximum Gasteiger partial charge on any atom is 1.00 e. The zero-order valence-corrected chi connectivity index (χ0v) is 13.5.